The minimum Gasteiger partial charge on any atom is -0.494 e. The summed E-state index contributed by atoms with van der Waals surface area (Å²) in [5.41, 5.74) is 1.69. The van der Waals surface area contributed by atoms with Crippen molar-refractivity contribution in [3.8, 4) is 5.75 Å². The highest BCUT2D eigenvalue weighted by Gasteiger charge is 2.12. The molecule has 2 aromatic rings. The molecular formula is C18H18ClNO4. The van der Waals surface area contributed by atoms with E-state index in [0.717, 1.165) is 5.56 Å². The predicted molar refractivity (Wildman–Crippen MR) is 92.7 cm³/mol. The van der Waals surface area contributed by atoms with Gasteiger partial charge in [0.25, 0.3) is 5.91 Å². The maximum Gasteiger partial charge on any atom is 0.338 e. The van der Waals surface area contributed by atoms with Crippen LogP contribution in [-0.4, -0.2) is 25.1 Å². The van der Waals surface area contributed by atoms with Crippen molar-refractivity contribution >= 4 is 29.2 Å². The molecule has 24 heavy (non-hydrogen) atoms. The molecule has 0 bridgehead atoms. The molecule has 0 aliphatic rings. The van der Waals surface area contributed by atoms with Crippen molar-refractivity contribution in [2.75, 3.05) is 18.5 Å². The van der Waals surface area contributed by atoms with Gasteiger partial charge in [0.2, 0.25) is 0 Å². The molecule has 0 aliphatic heterocycles. The minimum atomic E-state index is -0.573. The van der Waals surface area contributed by atoms with Crippen LogP contribution in [0, 0.1) is 6.92 Å². The van der Waals surface area contributed by atoms with Crippen molar-refractivity contribution < 1.29 is 19.1 Å². The number of hydrogen-bond donors (Lipinski definition) is 1. The number of rotatable bonds is 6. The van der Waals surface area contributed by atoms with Gasteiger partial charge in [-0.25, -0.2) is 4.79 Å². The highest BCUT2D eigenvalue weighted by Crippen LogP contribution is 2.22. The molecule has 126 valence electrons. The highest BCUT2D eigenvalue weighted by atomic mass is 35.5. The molecule has 0 radical (unpaired) electrons. The summed E-state index contributed by atoms with van der Waals surface area (Å²) in [4.78, 5) is 23.8. The third-order valence-electron chi connectivity index (χ3n) is 3.28. The number of ether oxygens (including phenoxy) is 2. The van der Waals surface area contributed by atoms with Crippen molar-refractivity contribution in [3.63, 3.8) is 0 Å². The molecular weight excluding hydrogens is 330 g/mol. The van der Waals surface area contributed by atoms with Crippen LogP contribution < -0.4 is 10.1 Å². The lowest BCUT2D eigenvalue weighted by atomic mass is 10.2. The molecule has 0 spiro atoms. The van der Waals surface area contributed by atoms with Crippen molar-refractivity contribution in [2.24, 2.45) is 0 Å². The summed E-state index contributed by atoms with van der Waals surface area (Å²) in [7, 11) is 0. The largest absolute Gasteiger partial charge is 0.494 e. The van der Waals surface area contributed by atoms with Gasteiger partial charge in [0.05, 0.1) is 12.2 Å². The molecule has 0 atom stereocenters. The second kappa shape index (κ2) is 8.36. The van der Waals surface area contributed by atoms with Crippen LogP contribution in [0.1, 0.15) is 22.8 Å². The molecule has 1 amide bonds. The molecule has 0 unspecified atom stereocenters. The van der Waals surface area contributed by atoms with Crippen LogP contribution >= 0.6 is 11.6 Å². The second-order valence-corrected chi connectivity index (χ2v) is 5.40. The van der Waals surface area contributed by atoms with Crippen molar-refractivity contribution in [2.45, 2.75) is 13.8 Å². The Morgan fingerprint density at radius 3 is 2.50 bits per heavy atom. The SMILES string of the molecule is CCOc1ccc(C(=O)OCC(=O)Nc2cccc(Cl)c2C)cc1. The fourth-order valence-corrected chi connectivity index (χ4v) is 2.17. The number of amides is 1. The topological polar surface area (TPSA) is 64.6 Å². The number of carbonyl (C=O) groups is 2. The monoisotopic (exact) mass is 347 g/mol. The third kappa shape index (κ3) is 4.73. The molecule has 5 nitrogen and oxygen atoms in total. The molecule has 0 aliphatic carbocycles. The third-order valence-corrected chi connectivity index (χ3v) is 3.69. The van der Waals surface area contributed by atoms with Crippen LogP contribution in [0.5, 0.6) is 5.75 Å². The first-order valence-corrected chi connectivity index (χ1v) is 7.84. The lowest BCUT2D eigenvalue weighted by Crippen LogP contribution is -2.21. The molecule has 0 aromatic heterocycles. The van der Waals surface area contributed by atoms with Crippen molar-refractivity contribution in [3.05, 3.63) is 58.6 Å². The Morgan fingerprint density at radius 2 is 1.83 bits per heavy atom. The molecule has 2 aromatic carbocycles. The van der Waals surface area contributed by atoms with E-state index in [1.165, 1.54) is 0 Å². The van der Waals surface area contributed by atoms with E-state index in [2.05, 4.69) is 5.32 Å². The zero-order chi connectivity index (χ0) is 17.5. The Bertz CT molecular complexity index is 728. The standard InChI is InChI=1S/C18H18ClNO4/c1-3-23-14-9-7-13(8-10-14)18(22)24-11-17(21)20-16-6-4-5-15(19)12(16)2/h4-10H,3,11H2,1-2H3,(H,20,21). The number of benzene rings is 2. The summed E-state index contributed by atoms with van der Waals surface area (Å²) in [5, 5.41) is 3.22. The second-order valence-electron chi connectivity index (χ2n) is 4.99. The van der Waals surface area contributed by atoms with Crippen molar-refractivity contribution in [1.29, 1.82) is 0 Å². The Hall–Kier alpha value is -2.53. The number of nitrogens with one attached hydrogen (secondary N) is 1. The van der Waals surface area contributed by atoms with Gasteiger partial charge < -0.3 is 14.8 Å². The quantitative estimate of drug-likeness (QED) is 0.806. The van der Waals surface area contributed by atoms with Gasteiger partial charge in [-0.05, 0) is 55.8 Å². The Balaban J connectivity index is 1.89. The van der Waals surface area contributed by atoms with Gasteiger partial charge in [-0.1, -0.05) is 17.7 Å². The summed E-state index contributed by atoms with van der Waals surface area (Å²) in [6, 6.07) is 11.7. The van der Waals surface area contributed by atoms with Gasteiger partial charge in [0, 0.05) is 10.7 Å². The minimum absolute atomic E-state index is 0.352. The van der Waals surface area contributed by atoms with Crippen LogP contribution in [0.15, 0.2) is 42.5 Å². The molecule has 0 fully saturated rings. The van der Waals surface area contributed by atoms with Crippen LogP contribution in [0.4, 0.5) is 5.69 Å². The Kier molecular flexibility index (Phi) is 6.21. The first-order chi connectivity index (χ1) is 11.5. The molecule has 0 saturated heterocycles. The summed E-state index contributed by atoms with van der Waals surface area (Å²) in [6.07, 6.45) is 0. The number of carbonyl (C=O) groups excluding carboxylic acids is 2. The van der Waals surface area contributed by atoms with E-state index in [1.807, 2.05) is 6.92 Å². The van der Waals surface area contributed by atoms with Gasteiger partial charge >= 0.3 is 5.97 Å². The molecule has 1 N–H and O–H groups in total. The number of halogens is 1. The van der Waals surface area contributed by atoms with Gasteiger partial charge in [-0.15, -0.1) is 0 Å². The molecule has 6 heteroatoms. The fourth-order valence-electron chi connectivity index (χ4n) is 2.00. The van der Waals surface area contributed by atoms with Crippen molar-refractivity contribution in [1.82, 2.24) is 0 Å². The van der Waals surface area contributed by atoms with Crippen LogP contribution in [0.25, 0.3) is 0 Å². The van der Waals surface area contributed by atoms with Gasteiger partial charge in [-0.3, -0.25) is 4.79 Å². The lowest BCUT2D eigenvalue weighted by molar-refractivity contribution is -0.119. The van der Waals surface area contributed by atoms with Gasteiger partial charge in [0.1, 0.15) is 5.75 Å². The Morgan fingerprint density at radius 1 is 1.12 bits per heavy atom. The summed E-state index contributed by atoms with van der Waals surface area (Å²) in [6.45, 7) is 3.84. The predicted octanol–water partition coefficient (Wildman–Crippen LogP) is 3.84. The van der Waals surface area contributed by atoms with Gasteiger partial charge in [-0.2, -0.15) is 0 Å². The first kappa shape index (κ1) is 17.8. The number of anilines is 1. The molecule has 0 saturated carbocycles. The molecule has 0 heterocycles. The van der Waals surface area contributed by atoms with E-state index in [4.69, 9.17) is 21.1 Å². The van der Waals surface area contributed by atoms with E-state index in [9.17, 15) is 9.59 Å². The maximum atomic E-state index is 11.9. The van der Waals surface area contributed by atoms with Crippen LogP contribution in [-0.2, 0) is 9.53 Å². The zero-order valence-corrected chi connectivity index (χ0v) is 14.2. The van der Waals surface area contributed by atoms with E-state index < -0.39 is 11.9 Å². The average molecular weight is 348 g/mol. The normalized spacial score (nSPS) is 10.1. The van der Waals surface area contributed by atoms with Crippen LogP contribution in [0.3, 0.4) is 0 Å². The average Bonchev–Trinajstić information content (AvgIpc) is 2.58. The Labute approximate surface area is 145 Å². The highest BCUT2D eigenvalue weighted by molar-refractivity contribution is 6.31. The van der Waals surface area contributed by atoms with Gasteiger partial charge in [0.15, 0.2) is 6.61 Å². The maximum absolute atomic E-state index is 11.9. The lowest BCUT2D eigenvalue weighted by Gasteiger charge is -2.10. The molecule has 2 rings (SSSR count). The summed E-state index contributed by atoms with van der Waals surface area (Å²) >= 11 is 5.99. The summed E-state index contributed by atoms with van der Waals surface area (Å²) in [5.74, 6) is -0.334. The van der Waals surface area contributed by atoms with E-state index in [-0.39, 0.29) is 6.61 Å². The van der Waals surface area contributed by atoms with Crippen LogP contribution in [0.2, 0.25) is 5.02 Å². The van der Waals surface area contributed by atoms with E-state index in [0.29, 0.717) is 28.6 Å². The smallest absolute Gasteiger partial charge is 0.338 e. The summed E-state index contributed by atoms with van der Waals surface area (Å²) < 4.78 is 10.3. The number of esters is 1. The van der Waals surface area contributed by atoms with E-state index in [1.54, 1.807) is 49.4 Å². The van der Waals surface area contributed by atoms with E-state index >= 15 is 0 Å². The zero-order valence-electron chi connectivity index (χ0n) is 13.5. The first-order valence-electron chi connectivity index (χ1n) is 7.46. The fraction of sp³-hybridized carbons (Fsp3) is 0.222. The number of hydrogen-bond acceptors (Lipinski definition) is 4.